The molecule has 4 aliphatic rings. The van der Waals surface area contributed by atoms with Crippen molar-refractivity contribution in [2.24, 2.45) is 5.92 Å². The van der Waals surface area contributed by atoms with Crippen LogP contribution in [0.2, 0.25) is 0 Å². The number of nitrogens with zero attached hydrogens (tertiary/aromatic N) is 4. The number of allylic oxidation sites excluding steroid dienone is 1. The first-order chi connectivity index (χ1) is 29.3. The number of carbonyl (C=O) groups is 2. The topological polar surface area (TPSA) is 99.6 Å². The van der Waals surface area contributed by atoms with Crippen LogP contribution in [0.4, 0.5) is 11.4 Å². The van der Waals surface area contributed by atoms with Gasteiger partial charge in [-0.25, -0.2) is 0 Å². The van der Waals surface area contributed by atoms with Gasteiger partial charge in [-0.1, -0.05) is 49.4 Å². The molecule has 1 atom stereocenters. The summed E-state index contributed by atoms with van der Waals surface area (Å²) >= 11 is 0. The summed E-state index contributed by atoms with van der Waals surface area (Å²) in [6.07, 6.45) is 2.38. The van der Waals surface area contributed by atoms with Gasteiger partial charge >= 0.3 is 0 Å². The normalized spacial score (nSPS) is 26.4. The van der Waals surface area contributed by atoms with E-state index in [0.29, 0.717) is 55.8 Å². The zero-order chi connectivity index (χ0) is 44.4. The predicted octanol–water partition coefficient (Wildman–Crippen LogP) is 6.63. The lowest BCUT2D eigenvalue weighted by atomic mass is 9.88. The number of nitrogens with one attached hydrogen (secondary N) is 1. The second-order valence-corrected chi connectivity index (χ2v) is 14.5. The van der Waals surface area contributed by atoms with Crippen LogP contribution >= 0.6 is 0 Å². The zero-order valence-electron chi connectivity index (χ0n) is 38.4. The zero-order valence-corrected chi connectivity index (χ0v) is 30.4. The number of phenols is 2. The second kappa shape index (κ2) is 15.7. The number of hydrogen-bond acceptors (Lipinski definition) is 8. The van der Waals surface area contributed by atoms with Gasteiger partial charge in [0.05, 0.1) is 11.5 Å². The molecule has 8 rings (SSSR count). The minimum absolute atomic E-state index is 0.00690. The summed E-state index contributed by atoms with van der Waals surface area (Å²) in [5.74, 6) is -0.607. The Morgan fingerprint density at radius 2 is 1.31 bits per heavy atom. The number of carbonyl (C=O) groups excluding carboxylic acids is 2. The first-order valence-electron chi connectivity index (χ1n) is 22.8. The van der Waals surface area contributed by atoms with E-state index in [4.69, 9.17) is 11.0 Å². The lowest BCUT2D eigenvalue weighted by Gasteiger charge is -2.40. The van der Waals surface area contributed by atoms with E-state index in [9.17, 15) is 19.8 Å². The monoisotopic (exact) mass is 733 g/mol. The van der Waals surface area contributed by atoms with E-state index in [0.717, 1.165) is 44.0 Å². The van der Waals surface area contributed by atoms with Gasteiger partial charge < -0.3 is 20.0 Å². The van der Waals surface area contributed by atoms with Crippen LogP contribution in [0.1, 0.15) is 77.8 Å². The van der Waals surface area contributed by atoms with Crippen molar-refractivity contribution in [3.63, 3.8) is 0 Å². The summed E-state index contributed by atoms with van der Waals surface area (Å²) in [5.41, 5.74) is 7.44. The first-order valence-corrected chi connectivity index (χ1v) is 18.8. The van der Waals surface area contributed by atoms with E-state index in [-0.39, 0.29) is 54.4 Å². The van der Waals surface area contributed by atoms with Gasteiger partial charge in [0.15, 0.2) is 0 Å². The van der Waals surface area contributed by atoms with Gasteiger partial charge in [-0.05, 0) is 119 Å². The number of anilines is 2. The van der Waals surface area contributed by atoms with Gasteiger partial charge in [0.25, 0.3) is 0 Å². The third kappa shape index (κ3) is 7.74. The molecule has 280 valence electrons. The Kier molecular flexibility index (Phi) is 7.98. The maximum absolute atomic E-state index is 12.6. The third-order valence-electron chi connectivity index (χ3n) is 11.0. The summed E-state index contributed by atoms with van der Waals surface area (Å²) in [7, 11) is 0. The lowest BCUT2D eigenvalue weighted by Crippen LogP contribution is -2.50. The number of fused-ring (bicyclic) bond motifs is 1. The van der Waals surface area contributed by atoms with E-state index >= 15 is 0 Å². The van der Waals surface area contributed by atoms with E-state index in [1.807, 2.05) is 41.3 Å². The molecule has 0 saturated carbocycles. The maximum atomic E-state index is 12.6. The maximum Gasteiger partial charge on any atom is 0.243 e. The van der Waals surface area contributed by atoms with E-state index in [2.05, 4.69) is 29.3 Å². The fraction of sp³-hybridized carbons (Fsp3) is 0.378. The molecule has 0 aromatic heterocycles. The highest BCUT2D eigenvalue weighted by molar-refractivity contribution is 6.00. The van der Waals surface area contributed by atoms with Crippen LogP contribution in [0, 0.1) is 5.92 Å². The van der Waals surface area contributed by atoms with Crippen LogP contribution in [-0.4, -0.2) is 83.5 Å². The van der Waals surface area contributed by atoms with Crippen molar-refractivity contribution in [2.75, 3.05) is 55.4 Å². The Morgan fingerprint density at radius 1 is 0.722 bits per heavy atom. The molecule has 3 N–H and O–H groups in total. The molecule has 4 aliphatic heterocycles. The lowest BCUT2D eigenvalue weighted by molar-refractivity contribution is -0.137. The highest BCUT2D eigenvalue weighted by Gasteiger charge is 2.35. The first kappa shape index (κ1) is 27.5. The van der Waals surface area contributed by atoms with Crippen LogP contribution in [0.5, 0.6) is 11.5 Å². The number of piperazine rings is 1. The Balaban J connectivity index is 0.976. The van der Waals surface area contributed by atoms with E-state index in [1.165, 1.54) is 6.07 Å². The molecular weight excluding hydrogens is 675 g/mol. The third-order valence-corrected chi connectivity index (χ3v) is 11.0. The molecule has 2 amide bonds. The Bertz CT molecular complexity index is 2340. The number of hydrogen-bond donors (Lipinski definition) is 3. The molecule has 9 nitrogen and oxygen atoms in total. The van der Waals surface area contributed by atoms with Crippen LogP contribution in [0.25, 0.3) is 11.1 Å². The van der Waals surface area contributed by atoms with Crippen molar-refractivity contribution in [3.05, 3.63) is 119 Å². The molecule has 4 heterocycles. The number of phenolic OH excluding ortho intramolecular Hbond substituents is 2. The molecule has 54 heavy (non-hydrogen) atoms. The number of piperidine rings is 2. The summed E-state index contributed by atoms with van der Waals surface area (Å²) in [5, 5.41) is 22.3. The SMILES string of the molecule is [2H]C1([2H])N(CC2CCN(c3ccc(C(=C(CC)c4ccc(O)cc4)c4ccc(O)cc4)cc3)CC2)C([2H])([2H])C([2H])([2H])N(c2ccc3c(c2)CN(C2CCC(=O)NC2=O)C3)C1([2H])[2H]. The second-order valence-electron chi connectivity index (χ2n) is 14.5. The Labute approximate surface area is 329 Å². The van der Waals surface area contributed by atoms with Crippen LogP contribution in [-0.2, 0) is 22.7 Å². The fourth-order valence-electron chi connectivity index (χ4n) is 8.10. The largest absolute Gasteiger partial charge is 0.508 e. The Morgan fingerprint density at radius 3 is 1.94 bits per heavy atom. The Hall–Kier alpha value is -5.12. The van der Waals surface area contributed by atoms with Crippen molar-refractivity contribution in [1.29, 1.82) is 0 Å². The average Bonchev–Trinajstić information content (AvgIpc) is 3.65. The summed E-state index contributed by atoms with van der Waals surface area (Å²) < 4.78 is 73.1. The minimum atomic E-state index is -3.01. The number of rotatable bonds is 9. The van der Waals surface area contributed by atoms with Crippen LogP contribution in [0.15, 0.2) is 91.0 Å². The quantitative estimate of drug-likeness (QED) is 0.130. The van der Waals surface area contributed by atoms with Crippen LogP contribution < -0.4 is 15.1 Å². The number of benzene rings is 4. The molecule has 0 aliphatic carbocycles. The number of imide groups is 1. The minimum Gasteiger partial charge on any atom is -0.508 e. The predicted molar refractivity (Wildman–Crippen MR) is 214 cm³/mol. The van der Waals surface area contributed by atoms with Gasteiger partial charge in [-0.15, -0.1) is 0 Å². The molecule has 1 unspecified atom stereocenters. The van der Waals surface area contributed by atoms with Gasteiger partial charge in [0.2, 0.25) is 11.8 Å². The van der Waals surface area contributed by atoms with Crippen molar-refractivity contribution in [1.82, 2.24) is 15.1 Å². The van der Waals surface area contributed by atoms with Crippen LogP contribution in [0.3, 0.4) is 0 Å². The fourth-order valence-corrected chi connectivity index (χ4v) is 8.10. The smallest absolute Gasteiger partial charge is 0.243 e. The average molecular weight is 734 g/mol. The molecule has 0 radical (unpaired) electrons. The molecule has 4 aromatic rings. The molecule has 9 heteroatoms. The standard InChI is InChI=1S/C45H51N5O4/c1-2-41(32-6-13-39(51)14-7-32)44(34-8-15-40(52)16-9-34)33-3-10-37(11-4-33)48-21-19-31(20-22-48)28-47-23-25-49(26-24-47)38-12-5-35-29-50(30-36(35)27-38)42-17-18-43(53)46-45(42)54/h3-16,27,31,42,51-52H,2,17-26,28-30H2,1H3,(H,46,53,54)/i23D2,24D2,25D2,26D2. The summed E-state index contributed by atoms with van der Waals surface area (Å²) in [6, 6.07) is 26.6. The van der Waals surface area contributed by atoms with E-state index in [1.54, 1.807) is 36.4 Å². The molecule has 3 saturated heterocycles. The highest BCUT2D eigenvalue weighted by Crippen LogP contribution is 2.37. The molecule has 0 bridgehead atoms. The molecule has 4 aromatic carbocycles. The summed E-state index contributed by atoms with van der Waals surface area (Å²) in [6.45, 7) is -8.20. The summed E-state index contributed by atoms with van der Waals surface area (Å²) in [4.78, 5) is 29.8. The van der Waals surface area contributed by atoms with Gasteiger partial charge in [0.1, 0.15) is 11.5 Å². The van der Waals surface area contributed by atoms with Crippen molar-refractivity contribution in [3.8, 4) is 11.5 Å². The van der Waals surface area contributed by atoms with Gasteiger partial charge in [-0.2, -0.15) is 0 Å². The van der Waals surface area contributed by atoms with Crippen molar-refractivity contribution >= 4 is 34.3 Å². The van der Waals surface area contributed by atoms with Crippen molar-refractivity contribution < 1.29 is 30.8 Å². The molecule has 3 fully saturated rings. The highest BCUT2D eigenvalue weighted by atomic mass is 16.3. The van der Waals surface area contributed by atoms with Gasteiger partial charge in [0, 0.05) is 82.0 Å². The van der Waals surface area contributed by atoms with Gasteiger partial charge in [-0.3, -0.25) is 24.7 Å². The molecular formula is C45H51N5O4. The van der Waals surface area contributed by atoms with Crippen molar-refractivity contribution in [2.45, 2.75) is 58.2 Å². The van der Waals surface area contributed by atoms with E-state index < -0.39 is 32.0 Å². The number of aromatic hydroxyl groups is 2. The number of amides is 2. The molecule has 0 spiro atoms.